The van der Waals surface area contributed by atoms with Crippen LogP contribution in [0.3, 0.4) is 0 Å². The maximum Gasteiger partial charge on any atom is 0.130 e. The standard InChI is InChI=1S/C25H19N3O/c1-2-4-24-19(3-1)5-8-21(28-24)17-29-22-9-6-18(7-10-22)23-13-16-27-25(23)20-11-14-26-15-12-20/h1-16,27H,17H2. The lowest BCUT2D eigenvalue weighted by molar-refractivity contribution is 0.302. The first-order valence-corrected chi connectivity index (χ1v) is 9.52. The predicted molar refractivity (Wildman–Crippen MR) is 116 cm³/mol. The summed E-state index contributed by atoms with van der Waals surface area (Å²) in [5.41, 5.74) is 6.38. The van der Waals surface area contributed by atoms with Crippen LogP contribution in [0, 0.1) is 0 Å². The normalized spacial score (nSPS) is 10.9. The Balaban J connectivity index is 1.32. The summed E-state index contributed by atoms with van der Waals surface area (Å²) in [6.07, 6.45) is 5.57. The third-order valence-electron chi connectivity index (χ3n) is 4.92. The van der Waals surface area contributed by atoms with Crippen molar-refractivity contribution in [1.29, 1.82) is 0 Å². The van der Waals surface area contributed by atoms with E-state index in [2.05, 4.69) is 45.3 Å². The number of nitrogens with zero attached hydrogens (tertiary/aromatic N) is 2. The van der Waals surface area contributed by atoms with Crippen LogP contribution in [0.15, 0.2) is 97.5 Å². The molecule has 0 atom stereocenters. The van der Waals surface area contributed by atoms with E-state index in [0.717, 1.165) is 44.7 Å². The van der Waals surface area contributed by atoms with Crippen LogP contribution in [0.4, 0.5) is 0 Å². The molecule has 1 N–H and O–H groups in total. The van der Waals surface area contributed by atoms with Crippen LogP contribution >= 0.6 is 0 Å². The van der Waals surface area contributed by atoms with Crippen molar-refractivity contribution in [1.82, 2.24) is 15.0 Å². The SMILES string of the molecule is c1ccc2nc(COc3ccc(-c4cc[nH]c4-c4ccncc4)cc3)ccc2c1. The van der Waals surface area contributed by atoms with Crippen molar-refractivity contribution < 1.29 is 4.74 Å². The molecule has 4 heteroatoms. The minimum Gasteiger partial charge on any atom is -0.487 e. The van der Waals surface area contributed by atoms with Crippen LogP contribution < -0.4 is 4.74 Å². The molecule has 0 fully saturated rings. The van der Waals surface area contributed by atoms with Crippen molar-refractivity contribution >= 4 is 10.9 Å². The number of fused-ring (bicyclic) bond motifs is 1. The molecule has 0 unspecified atom stereocenters. The molecule has 0 aliphatic carbocycles. The molecule has 0 saturated heterocycles. The molecule has 140 valence electrons. The van der Waals surface area contributed by atoms with Gasteiger partial charge in [-0.15, -0.1) is 0 Å². The molecular formula is C25H19N3O. The smallest absolute Gasteiger partial charge is 0.130 e. The quantitative estimate of drug-likeness (QED) is 0.417. The number of benzene rings is 2. The number of aromatic amines is 1. The predicted octanol–water partition coefficient (Wildman–Crippen LogP) is 5.87. The van der Waals surface area contributed by atoms with Crippen LogP contribution in [0.5, 0.6) is 5.75 Å². The number of hydrogen-bond acceptors (Lipinski definition) is 3. The van der Waals surface area contributed by atoms with Crippen LogP contribution in [0.25, 0.3) is 33.3 Å². The second-order valence-corrected chi connectivity index (χ2v) is 6.81. The van der Waals surface area contributed by atoms with Crippen molar-refractivity contribution in [2.45, 2.75) is 6.61 Å². The van der Waals surface area contributed by atoms with Gasteiger partial charge in [-0.25, -0.2) is 4.98 Å². The Labute approximate surface area is 168 Å². The van der Waals surface area contributed by atoms with Crippen molar-refractivity contribution in [2.24, 2.45) is 0 Å². The van der Waals surface area contributed by atoms with E-state index in [1.807, 2.05) is 54.7 Å². The number of para-hydroxylation sites is 1. The third kappa shape index (κ3) is 3.60. The average Bonchev–Trinajstić information content (AvgIpc) is 3.28. The largest absolute Gasteiger partial charge is 0.487 e. The zero-order valence-corrected chi connectivity index (χ0v) is 15.7. The first-order chi connectivity index (χ1) is 14.4. The Morgan fingerprint density at radius 1 is 0.759 bits per heavy atom. The third-order valence-corrected chi connectivity index (χ3v) is 4.92. The van der Waals surface area contributed by atoms with E-state index in [-0.39, 0.29) is 0 Å². The Morgan fingerprint density at radius 2 is 1.59 bits per heavy atom. The highest BCUT2D eigenvalue weighted by Gasteiger charge is 2.09. The molecule has 0 aliphatic rings. The van der Waals surface area contributed by atoms with Crippen LogP contribution in [0.2, 0.25) is 0 Å². The summed E-state index contributed by atoms with van der Waals surface area (Å²) < 4.78 is 5.95. The van der Waals surface area contributed by atoms with Gasteiger partial charge >= 0.3 is 0 Å². The van der Waals surface area contributed by atoms with Gasteiger partial charge in [-0.3, -0.25) is 4.98 Å². The fourth-order valence-electron chi connectivity index (χ4n) is 3.44. The first-order valence-electron chi connectivity index (χ1n) is 9.52. The molecule has 0 spiro atoms. The molecule has 2 aromatic carbocycles. The van der Waals surface area contributed by atoms with E-state index in [1.165, 1.54) is 0 Å². The zero-order chi connectivity index (χ0) is 19.5. The minimum atomic E-state index is 0.441. The summed E-state index contributed by atoms with van der Waals surface area (Å²) in [7, 11) is 0. The topological polar surface area (TPSA) is 50.8 Å². The van der Waals surface area contributed by atoms with Crippen LogP contribution in [0.1, 0.15) is 5.69 Å². The molecule has 5 rings (SSSR count). The monoisotopic (exact) mass is 377 g/mol. The second kappa shape index (κ2) is 7.60. The number of rotatable bonds is 5. The summed E-state index contributed by atoms with van der Waals surface area (Å²) in [4.78, 5) is 12.1. The van der Waals surface area contributed by atoms with Gasteiger partial charge in [0.1, 0.15) is 12.4 Å². The highest BCUT2D eigenvalue weighted by atomic mass is 16.5. The van der Waals surface area contributed by atoms with Gasteiger partial charge in [-0.05, 0) is 48.0 Å². The van der Waals surface area contributed by atoms with Gasteiger partial charge in [0, 0.05) is 35.1 Å². The highest BCUT2D eigenvalue weighted by molar-refractivity contribution is 5.81. The number of H-pyrrole nitrogens is 1. The van der Waals surface area contributed by atoms with Crippen LogP contribution in [-0.4, -0.2) is 15.0 Å². The van der Waals surface area contributed by atoms with Gasteiger partial charge < -0.3 is 9.72 Å². The van der Waals surface area contributed by atoms with E-state index in [0.29, 0.717) is 6.61 Å². The number of aromatic nitrogens is 3. The molecule has 0 aliphatic heterocycles. The summed E-state index contributed by atoms with van der Waals surface area (Å²) in [6.45, 7) is 0.441. The molecule has 0 amide bonds. The summed E-state index contributed by atoms with van der Waals surface area (Å²) in [5.74, 6) is 0.824. The molecular weight excluding hydrogens is 358 g/mol. The number of nitrogens with one attached hydrogen (secondary N) is 1. The zero-order valence-electron chi connectivity index (χ0n) is 15.7. The van der Waals surface area contributed by atoms with E-state index >= 15 is 0 Å². The second-order valence-electron chi connectivity index (χ2n) is 6.81. The van der Waals surface area contributed by atoms with Gasteiger partial charge in [-0.1, -0.05) is 36.4 Å². The molecule has 3 aromatic heterocycles. The molecule has 0 radical (unpaired) electrons. The van der Waals surface area contributed by atoms with E-state index in [4.69, 9.17) is 4.74 Å². The lowest BCUT2D eigenvalue weighted by Gasteiger charge is -2.09. The summed E-state index contributed by atoms with van der Waals surface area (Å²) in [5, 5.41) is 1.14. The van der Waals surface area contributed by atoms with E-state index < -0.39 is 0 Å². The lowest BCUT2D eigenvalue weighted by atomic mass is 10.0. The van der Waals surface area contributed by atoms with Crippen molar-refractivity contribution in [2.75, 3.05) is 0 Å². The van der Waals surface area contributed by atoms with Crippen LogP contribution in [-0.2, 0) is 6.61 Å². The molecule has 0 saturated carbocycles. The molecule has 4 nitrogen and oxygen atoms in total. The van der Waals surface area contributed by atoms with Crippen molar-refractivity contribution in [3.05, 3.63) is 103 Å². The fourth-order valence-corrected chi connectivity index (χ4v) is 3.44. The minimum absolute atomic E-state index is 0.441. The van der Waals surface area contributed by atoms with Gasteiger partial charge in [0.25, 0.3) is 0 Å². The Bertz CT molecular complexity index is 1240. The Kier molecular flexibility index (Phi) is 4.51. The molecule has 3 heterocycles. The van der Waals surface area contributed by atoms with Crippen molar-refractivity contribution in [3.63, 3.8) is 0 Å². The van der Waals surface area contributed by atoms with Gasteiger partial charge in [-0.2, -0.15) is 0 Å². The first kappa shape index (κ1) is 17.2. The Morgan fingerprint density at radius 3 is 2.45 bits per heavy atom. The van der Waals surface area contributed by atoms with E-state index in [9.17, 15) is 0 Å². The summed E-state index contributed by atoms with van der Waals surface area (Å²) in [6, 6.07) is 26.4. The van der Waals surface area contributed by atoms with Gasteiger partial charge in [0.2, 0.25) is 0 Å². The number of ether oxygens (including phenoxy) is 1. The van der Waals surface area contributed by atoms with Crippen molar-refractivity contribution in [3.8, 4) is 28.1 Å². The maximum atomic E-state index is 5.95. The van der Waals surface area contributed by atoms with Gasteiger partial charge in [0.15, 0.2) is 0 Å². The van der Waals surface area contributed by atoms with E-state index in [1.54, 1.807) is 12.4 Å². The average molecular weight is 377 g/mol. The fraction of sp³-hybridized carbons (Fsp3) is 0.0400. The maximum absolute atomic E-state index is 5.95. The summed E-state index contributed by atoms with van der Waals surface area (Å²) >= 11 is 0. The molecule has 29 heavy (non-hydrogen) atoms. The Hall–Kier alpha value is -3.92. The molecule has 5 aromatic rings. The number of pyridine rings is 2. The van der Waals surface area contributed by atoms with Gasteiger partial charge in [0.05, 0.1) is 16.9 Å². The molecule has 0 bridgehead atoms. The highest BCUT2D eigenvalue weighted by Crippen LogP contribution is 2.31. The lowest BCUT2D eigenvalue weighted by Crippen LogP contribution is -1.98. The number of hydrogen-bond donors (Lipinski definition) is 1.